The van der Waals surface area contributed by atoms with Crippen LogP contribution in [0.2, 0.25) is 0 Å². The topological polar surface area (TPSA) is 4.93 Å². The normalized spacial score (nSPS) is 15.5. The third-order valence-electron chi connectivity index (χ3n) is 5.29. The highest BCUT2D eigenvalue weighted by atomic mass is 15.0. The van der Waals surface area contributed by atoms with Crippen molar-refractivity contribution in [3.05, 3.63) is 84.1 Å². The van der Waals surface area contributed by atoms with Gasteiger partial charge in [0.05, 0.1) is 0 Å². The van der Waals surface area contributed by atoms with Crippen molar-refractivity contribution in [2.75, 3.05) is 0 Å². The first-order valence-corrected chi connectivity index (χ1v) is 9.20. The lowest BCUT2D eigenvalue weighted by molar-refractivity contribution is 0.427. The monoisotopic (exact) mass is 315 g/mol. The smallest absolute Gasteiger partial charge is 0.0485 e. The van der Waals surface area contributed by atoms with Crippen LogP contribution in [-0.4, -0.2) is 4.57 Å². The first-order valence-electron chi connectivity index (χ1n) is 9.20. The number of hydrogen-bond acceptors (Lipinski definition) is 0. The summed E-state index contributed by atoms with van der Waals surface area (Å²) in [7, 11) is 0. The molecule has 1 heterocycles. The summed E-state index contributed by atoms with van der Waals surface area (Å²) in [6, 6.07) is 26.4. The zero-order valence-corrected chi connectivity index (χ0v) is 14.2. The third-order valence-corrected chi connectivity index (χ3v) is 5.29. The molecule has 24 heavy (non-hydrogen) atoms. The van der Waals surface area contributed by atoms with Gasteiger partial charge in [-0.25, -0.2) is 0 Å². The molecule has 1 nitrogen and oxygen atoms in total. The second-order valence-electron chi connectivity index (χ2n) is 6.92. The van der Waals surface area contributed by atoms with Gasteiger partial charge in [-0.15, -0.1) is 0 Å². The number of hydrogen-bond donors (Lipinski definition) is 0. The van der Waals surface area contributed by atoms with Crippen molar-refractivity contribution in [2.45, 2.75) is 44.6 Å². The molecule has 0 unspecified atom stereocenters. The van der Waals surface area contributed by atoms with Crippen LogP contribution in [0.3, 0.4) is 0 Å². The van der Waals surface area contributed by atoms with Crippen molar-refractivity contribution in [3.63, 3.8) is 0 Å². The van der Waals surface area contributed by atoms with Gasteiger partial charge in [0.2, 0.25) is 0 Å². The summed E-state index contributed by atoms with van der Waals surface area (Å²) < 4.78 is 2.56. The van der Waals surface area contributed by atoms with Crippen LogP contribution in [0, 0.1) is 0 Å². The Morgan fingerprint density at radius 1 is 0.708 bits per heavy atom. The minimum atomic E-state index is 0.722. The molecular weight excluding hydrogens is 290 g/mol. The lowest BCUT2D eigenvalue weighted by atomic mass is 9.87. The van der Waals surface area contributed by atoms with Crippen molar-refractivity contribution in [2.24, 2.45) is 0 Å². The van der Waals surface area contributed by atoms with E-state index in [-0.39, 0.29) is 0 Å². The minimum absolute atomic E-state index is 0.722. The average Bonchev–Trinajstić information content (AvgIpc) is 3.07. The molecule has 0 spiro atoms. The van der Waals surface area contributed by atoms with Crippen molar-refractivity contribution < 1.29 is 0 Å². The first-order chi connectivity index (χ1) is 11.9. The molecule has 4 rings (SSSR count). The first kappa shape index (κ1) is 15.3. The molecule has 1 aromatic heterocycles. The van der Waals surface area contributed by atoms with Crippen LogP contribution in [0.25, 0.3) is 11.3 Å². The fraction of sp³-hybridized carbons (Fsp3) is 0.304. The number of aromatic nitrogens is 1. The highest BCUT2D eigenvalue weighted by Crippen LogP contribution is 2.36. The Kier molecular flexibility index (Phi) is 4.51. The summed E-state index contributed by atoms with van der Waals surface area (Å²) >= 11 is 0. The Hall–Kier alpha value is -2.28. The van der Waals surface area contributed by atoms with Crippen molar-refractivity contribution in [1.29, 1.82) is 0 Å². The van der Waals surface area contributed by atoms with Crippen LogP contribution in [0.4, 0.5) is 0 Å². The van der Waals surface area contributed by atoms with Gasteiger partial charge in [-0.2, -0.15) is 0 Å². The summed E-state index contributed by atoms with van der Waals surface area (Å²) in [4.78, 5) is 0. The average molecular weight is 315 g/mol. The van der Waals surface area contributed by atoms with E-state index in [0.717, 1.165) is 12.5 Å². The van der Waals surface area contributed by atoms with Crippen molar-refractivity contribution >= 4 is 0 Å². The van der Waals surface area contributed by atoms with E-state index in [4.69, 9.17) is 0 Å². The number of rotatable bonds is 4. The van der Waals surface area contributed by atoms with E-state index in [2.05, 4.69) is 77.4 Å². The predicted octanol–water partition coefficient (Wildman–Crippen LogP) is 6.25. The maximum atomic E-state index is 2.56. The maximum Gasteiger partial charge on any atom is 0.0485 e. The zero-order valence-electron chi connectivity index (χ0n) is 14.2. The molecular formula is C23H25N. The predicted molar refractivity (Wildman–Crippen MR) is 101 cm³/mol. The van der Waals surface area contributed by atoms with E-state index in [9.17, 15) is 0 Å². The van der Waals surface area contributed by atoms with Gasteiger partial charge < -0.3 is 4.57 Å². The van der Waals surface area contributed by atoms with Gasteiger partial charge in [0, 0.05) is 17.9 Å². The maximum absolute atomic E-state index is 2.56. The number of benzene rings is 2. The lowest BCUT2D eigenvalue weighted by Gasteiger charge is -2.24. The van der Waals surface area contributed by atoms with Crippen LogP contribution in [0.5, 0.6) is 0 Å². The van der Waals surface area contributed by atoms with Gasteiger partial charge >= 0.3 is 0 Å². The zero-order chi connectivity index (χ0) is 16.2. The van der Waals surface area contributed by atoms with Gasteiger partial charge in [0.1, 0.15) is 0 Å². The Morgan fingerprint density at radius 2 is 1.38 bits per heavy atom. The summed E-state index contributed by atoms with van der Waals surface area (Å²) in [6.45, 7) is 0.962. The van der Waals surface area contributed by atoms with Gasteiger partial charge in [-0.1, -0.05) is 79.9 Å². The molecule has 3 aromatic rings. The number of nitrogens with zero attached hydrogens (tertiary/aromatic N) is 1. The molecule has 1 fully saturated rings. The SMILES string of the molecule is c1ccc(Cn2c(-c3ccccc3)ccc2C2CCCCC2)cc1. The van der Waals surface area contributed by atoms with Gasteiger partial charge in [0.25, 0.3) is 0 Å². The second kappa shape index (κ2) is 7.09. The standard InChI is InChI=1S/C23H25N/c1-4-10-19(11-5-1)18-24-22(20-12-6-2-7-13-20)16-17-23(24)21-14-8-3-9-15-21/h1-2,4-7,10-13,16-17,21H,3,8-9,14-15,18H2. The third kappa shape index (κ3) is 3.17. The molecule has 0 saturated heterocycles. The summed E-state index contributed by atoms with van der Waals surface area (Å²) in [5.41, 5.74) is 5.57. The largest absolute Gasteiger partial charge is 0.340 e. The summed E-state index contributed by atoms with van der Waals surface area (Å²) in [5.74, 6) is 0.722. The van der Waals surface area contributed by atoms with Crippen molar-refractivity contribution in [1.82, 2.24) is 4.57 Å². The second-order valence-corrected chi connectivity index (χ2v) is 6.92. The fourth-order valence-corrected chi connectivity index (χ4v) is 4.04. The van der Waals surface area contributed by atoms with E-state index >= 15 is 0 Å². The molecule has 122 valence electrons. The van der Waals surface area contributed by atoms with E-state index in [1.165, 1.54) is 54.6 Å². The Balaban J connectivity index is 1.75. The summed E-state index contributed by atoms with van der Waals surface area (Å²) in [6.07, 6.45) is 6.84. The van der Waals surface area contributed by atoms with Crippen molar-refractivity contribution in [3.8, 4) is 11.3 Å². The highest BCUT2D eigenvalue weighted by Gasteiger charge is 2.21. The van der Waals surface area contributed by atoms with Crippen LogP contribution < -0.4 is 0 Å². The molecule has 0 amide bonds. The molecule has 2 aromatic carbocycles. The molecule has 1 aliphatic rings. The molecule has 1 saturated carbocycles. The van der Waals surface area contributed by atoms with Crippen LogP contribution in [0.1, 0.15) is 49.3 Å². The fourth-order valence-electron chi connectivity index (χ4n) is 4.04. The Labute approximate surface area is 145 Å². The van der Waals surface area contributed by atoms with E-state index in [1.54, 1.807) is 0 Å². The van der Waals surface area contributed by atoms with E-state index in [1.807, 2.05) is 0 Å². The van der Waals surface area contributed by atoms with Crippen LogP contribution in [0.15, 0.2) is 72.8 Å². The molecule has 1 heteroatoms. The van der Waals surface area contributed by atoms with Crippen LogP contribution in [-0.2, 0) is 6.54 Å². The summed E-state index contributed by atoms with van der Waals surface area (Å²) in [5, 5.41) is 0. The van der Waals surface area contributed by atoms with E-state index < -0.39 is 0 Å². The molecule has 0 aliphatic heterocycles. The molecule has 0 radical (unpaired) electrons. The highest BCUT2D eigenvalue weighted by molar-refractivity contribution is 5.61. The van der Waals surface area contributed by atoms with Gasteiger partial charge in [0.15, 0.2) is 0 Å². The minimum Gasteiger partial charge on any atom is -0.340 e. The molecule has 0 atom stereocenters. The lowest BCUT2D eigenvalue weighted by Crippen LogP contribution is -2.12. The van der Waals surface area contributed by atoms with Crippen LogP contribution >= 0.6 is 0 Å². The molecule has 0 N–H and O–H groups in total. The molecule has 1 aliphatic carbocycles. The van der Waals surface area contributed by atoms with Gasteiger partial charge in [-0.3, -0.25) is 0 Å². The quantitative estimate of drug-likeness (QED) is 0.536. The molecule has 0 bridgehead atoms. The Morgan fingerprint density at radius 3 is 2.08 bits per heavy atom. The van der Waals surface area contributed by atoms with E-state index in [0.29, 0.717) is 0 Å². The van der Waals surface area contributed by atoms with Gasteiger partial charge in [-0.05, 0) is 42.0 Å². The Bertz CT molecular complexity index is 764.